The van der Waals surface area contributed by atoms with Crippen molar-refractivity contribution in [2.24, 2.45) is 0 Å². The van der Waals surface area contributed by atoms with Gasteiger partial charge in [0, 0.05) is 20.7 Å². The van der Waals surface area contributed by atoms with Crippen molar-refractivity contribution in [2.75, 3.05) is 5.32 Å². The highest BCUT2D eigenvalue weighted by molar-refractivity contribution is 9.10. The van der Waals surface area contributed by atoms with E-state index in [1.54, 1.807) is 30.5 Å². The van der Waals surface area contributed by atoms with Crippen molar-refractivity contribution in [1.29, 1.82) is 0 Å². The molecule has 1 aromatic heterocycles. The SMILES string of the molecule is O=C(Nc1cc(Br)cnc1Cl)c1ccc(Br)c(Cl)c1. The molecule has 0 saturated heterocycles. The maximum absolute atomic E-state index is 12.1. The molecular weight excluding hydrogens is 419 g/mol. The molecule has 0 fully saturated rings. The Bertz CT molecular complexity index is 650. The van der Waals surface area contributed by atoms with Crippen molar-refractivity contribution in [3.05, 3.63) is 55.1 Å². The molecule has 0 radical (unpaired) electrons. The first-order chi connectivity index (χ1) is 8.97. The zero-order chi connectivity index (χ0) is 14.0. The number of halogens is 4. The fourth-order valence-electron chi connectivity index (χ4n) is 1.34. The zero-order valence-electron chi connectivity index (χ0n) is 9.25. The van der Waals surface area contributed by atoms with Crippen molar-refractivity contribution in [1.82, 2.24) is 4.98 Å². The quantitative estimate of drug-likeness (QED) is 0.676. The van der Waals surface area contributed by atoms with Gasteiger partial charge in [-0.2, -0.15) is 0 Å². The van der Waals surface area contributed by atoms with Gasteiger partial charge in [-0.15, -0.1) is 0 Å². The van der Waals surface area contributed by atoms with Crippen LogP contribution < -0.4 is 5.32 Å². The lowest BCUT2D eigenvalue weighted by Gasteiger charge is -2.07. The van der Waals surface area contributed by atoms with Gasteiger partial charge < -0.3 is 5.32 Å². The van der Waals surface area contributed by atoms with Gasteiger partial charge in [0.05, 0.1) is 10.7 Å². The molecule has 1 heterocycles. The molecule has 0 bridgehead atoms. The van der Waals surface area contributed by atoms with Crippen LogP contribution in [0, 0.1) is 0 Å². The van der Waals surface area contributed by atoms with E-state index in [0.717, 1.165) is 8.95 Å². The maximum Gasteiger partial charge on any atom is 0.255 e. The summed E-state index contributed by atoms with van der Waals surface area (Å²) in [6.07, 6.45) is 1.55. The highest BCUT2D eigenvalue weighted by Crippen LogP contribution is 2.26. The standard InChI is InChI=1S/C12H6Br2Cl2N2O/c13-7-4-10(11(16)17-5-7)18-12(19)6-1-2-8(14)9(15)3-6/h1-5H,(H,18,19). The minimum Gasteiger partial charge on any atom is -0.319 e. The zero-order valence-corrected chi connectivity index (χ0v) is 13.9. The summed E-state index contributed by atoms with van der Waals surface area (Å²) in [6.45, 7) is 0. The van der Waals surface area contributed by atoms with Gasteiger partial charge in [0.25, 0.3) is 5.91 Å². The summed E-state index contributed by atoms with van der Waals surface area (Å²) in [5.74, 6) is -0.309. The van der Waals surface area contributed by atoms with E-state index in [1.165, 1.54) is 0 Å². The highest BCUT2D eigenvalue weighted by atomic mass is 79.9. The minimum atomic E-state index is -0.309. The van der Waals surface area contributed by atoms with E-state index in [1.807, 2.05) is 0 Å². The second-order valence-electron chi connectivity index (χ2n) is 3.57. The number of carbonyl (C=O) groups excluding carboxylic acids is 1. The van der Waals surface area contributed by atoms with E-state index in [2.05, 4.69) is 42.2 Å². The lowest BCUT2D eigenvalue weighted by atomic mass is 10.2. The topological polar surface area (TPSA) is 42.0 Å². The van der Waals surface area contributed by atoms with Gasteiger partial charge >= 0.3 is 0 Å². The van der Waals surface area contributed by atoms with Crippen LogP contribution >= 0.6 is 55.1 Å². The van der Waals surface area contributed by atoms with Gasteiger partial charge in [-0.25, -0.2) is 4.98 Å². The summed E-state index contributed by atoms with van der Waals surface area (Å²) in [6, 6.07) is 6.61. The van der Waals surface area contributed by atoms with Crippen LogP contribution in [-0.4, -0.2) is 10.9 Å². The summed E-state index contributed by atoms with van der Waals surface area (Å²) in [5.41, 5.74) is 0.865. The van der Waals surface area contributed by atoms with Crippen LogP contribution in [0.15, 0.2) is 39.4 Å². The molecule has 0 saturated carbocycles. The van der Waals surface area contributed by atoms with Gasteiger partial charge in [0.15, 0.2) is 5.15 Å². The number of anilines is 1. The fraction of sp³-hybridized carbons (Fsp3) is 0. The molecule has 0 unspecified atom stereocenters. The third-order valence-electron chi connectivity index (χ3n) is 2.24. The van der Waals surface area contributed by atoms with Crippen LogP contribution in [0.3, 0.4) is 0 Å². The smallest absolute Gasteiger partial charge is 0.255 e. The Morgan fingerprint density at radius 1 is 1.21 bits per heavy atom. The van der Waals surface area contributed by atoms with Crippen molar-refractivity contribution >= 4 is 66.7 Å². The molecule has 98 valence electrons. The molecule has 1 amide bonds. The first kappa shape index (κ1) is 14.8. The third kappa shape index (κ3) is 3.69. The highest BCUT2D eigenvalue weighted by Gasteiger charge is 2.11. The Kier molecular flexibility index (Phi) is 4.84. The number of aromatic nitrogens is 1. The number of rotatable bonds is 2. The predicted molar refractivity (Wildman–Crippen MR) is 84.1 cm³/mol. The number of carbonyl (C=O) groups is 1. The van der Waals surface area contributed by atoms with Gasteiger partial charge in [-0.1, -0.05) is 23.2 Å². The molecule has 1 N–H and O–H groups in total. The van der Waals surface area contributed by atoms with Crippen molar-refractivity contribution in [3.8, 4) is 0 Å². The van der Waals surface area contributed by atoms with Crippen molar-refractivity contribution < 1.29 is 4.79 Å². The molecule has 0 aliphatic rings. The molecule has 7 heteroatoms. The number of pyridine rings is 1. The third-order valence-corrected chi connectivity index (χ3v) is 4.20. The first-order valence-corrected chi connectivity index (χ1v) is 7.39. The average Bonchev–Trinajstić information content (AvgIpc) is 2.37. The monoisotopic (exact) mass is 422 g/mol. The molecule has 0 spiro atoms. The van der Waals surface area contributed by atoms with Crippen LogP contribution in [0.5, 0.6) is 0 Å². The molecule has 0 aliphatic heterocycles. The number of hydrogen-bond donors (Lipinski definition) is 1. The van der Waals surface area contributed by atoms with Crippen LogP contribution in [0.25, 0.3) is 0 Å². The summed E-state index contributed by atoms with van der Waals surface area (Å²) < 4.78 is 1.45. The van der Waals surface area contributed by atoms with Crippen LogP contribution in [0.1, 0.15) is 10.4 Å². The van der Waals surface area contributed by atoms with Gasteiger partial charge in [-0.3, -0.25) is 4.79 Å². The normalized spacial score (nSPS) is 10.3. The molecule has 1 aromatic carbocycles. The Labute approximate surface area is 136 Å². The summed E-state index contributed by atoms with van der Waals surface area (Å²) in [5, 5.41) is 3.36. The van der Waals surface area contributed by atoms with Gasteiger partial charge in [-0.05, 0) is 56.1 Å². The number of nitrogens with one attached hydrogen (secondary N) is 1. The Morgan fingerprint density at radius 3 is 2.63 bits per heavy atom. The largest absolute Gasteiger partial charge is 0.319 e. The van der Waals surface area contributed by atoms with Crippen LogP contribution in [0.4, 0.5) is 5.69 Å². The van der Waals surface area contributed by atoms with E-state index in [4.69, 9.17) is 23.2 Å². The summed E-state index contributed by atoms with van der Waals surface area (Å²) in [7, 11) is 0. The van der Waals surface area contributed by atoms with Crippen molar-refractivity contribution in [2.45, 2.75) is 0 Å². The van der Waals surface area contributed by atoms with Gasteiger partial charge in [0.2, 0.25) is 0 Å². The molecule has 0 aliphatic carbocycles. The second kappa shape index (κ2) is 6.22. The fourth-order valence-corrected chi connectivity index (χ4v) is 2.25. The van der Waals surface area contributed by atoms with E-state index in [9.17, 15) is 4.79 Å². The van der Waals surface area contributed by atoms with E-state index in [0.29, 0.717) is 16.3 Å². The number of hydrogen-bond acceptors (Lipinski definition) is 2. The van der Waals surface area contributed by atoms with E-state index < -0.39 is 0 Å². The number of amides is 1. The Morgan fingerprint density at radius 2 is 1.95 bits per heavy atom. The molecule has 3 nitrogen and oxygen atoms in total. The average molecular weight is 425 g/mol. The molecular formula is C12H6Br2Cl2N2O. The van der Waals surface area contributed by atoms with Gasteiger partial charge in [0.1, 0.15) is 0 Å². The lowest BCUT2D eigenvalue weighted by molar-refractivity contribution is 0.102. The van der Waals surface area contributed by atoms with Crippen LogP contribution in [-0.2, 0) is 0 Å². The van der Waals surface area contributed by atoms with Crippen LogP contribution in [0.2, 0.25) is 10.2 Å². The Hall–Kier alpha value is -0.620. The number of nitrogens with zero attached hydrogens (tertiary/aromatic N) is 1. The molecule has 0 atom stereocenters. The maximum atomic E-state index is 12.1. The molecule has 2 aromatic rings. The first-order valence-electron chi connectivity index (χ1n) is 5.05. The summed E-state index contributed by atoms with van der Waals surface area (Å²) >= 11 is 18.4. The molecule has 19 heavy (non-hydrogen) atoms. The summed E-state index contributed by atoms with van der Waals surface area (Å²) in [4.78, 5) is 16.0. The van der Waals surface area contributed by atoms with Crippen molar-refractivity contribution in [3.63, 3.8) is 0 Å². The Balaban J connectivity index is 2.25. The molecule has 2 rings (SSSR count). The minimum absolute atomic E-state index is 0.222. The van der Waals surface area contributed by atoms with E-state index in [-0.39, 0.29) is 11.1 Å². The number of benzene rings is 1. The van der Waals surface area contributed by atoms with E-state index >= 15 is 0 Å². The second-order valence-corrected chi connectivity index (χ2v) is 6.11. The predicted octanol–water partition coefficient (Wildman–Crippen LogP) is 5.17. The lowest BCUT2D eigenvalue weighted by Crippen LogP contribution is -2.12.